The molecule has 3 nitrogen and oxygen atoms in total. The van der Waals surface area contributed by atoms with E-state index in [9.17, 15) is 5.11 Å². The van der Waals surface area contributed by atoms with Gasteiger partial charge in [-0.25, -0.2) is 0 Å². The summed E-state index contributed by atoms with van der Waals surface area (Å²) in [4.78, 5) is 2.35. The summed E-state index contributed by atoms with van der Waals surface area (Å²) in [6.45, 7) is 3.05. The molecule has 1 aromatic rings. The van der Waals surface area contributed by atoms with Crippen molar-refractivity contribution in [2.24, 2.45) is 5.92 Å². The number of halogens is 1. The molecule has 1 unspecified atom stereocenters. The molecule has 1 aromatic carbocycles. The van der Waals surface area contributed by atoms with Gasteiger partial charge in [-0.05, 0) is 38.6 Å². The lowest BCUT2D eigenvalue weighted by atomic mass is 10.00. The normalized spacial score (nSPS) is 20.6. The van der Waals surface area contributed by atoms with Crippen molar-refractivity contribution in [1.29, 1.82) is 0 Å². The number of aromatic hydroxyl groups is 1. The minimum absolute atomic E-state index is 0. The summed E-state index contributed by atoms with van der Waals surface area (Å²) in [7, 11) is 2.15. The highest BCUT2D eigenvalue weighted by molar-refractivity contribution is 5.85. The summed E-state index contributed by atoms with van der Waals surface area (Å²) in [5, 5.41) is 9.30. The molecule has 1 aliphatic heterocycles. The molecular weight excluding hydrogens is 238 g/mol. The first-order valence-electron chi connectivity index (χ1n) is 5.84. The number of phenols is 1. The van der Waals surface area contributed by atoms with Crippen molar-refractivity contribution in [3.63, 3.8) is 0 Å². The van der Waals surface area contributed by atoms with Crippen LogP contribution < -0.4 is 4.74 Å². The lowest BCUT2D eigenvalue weighted by Gasteiger charge is -2.29. The standard InChI is InChI=1S/C13H19NO2.ClH/c1-14-7-3-4-11(9-14)10-16-13-6-2-5-12(15)8-13;/h2,5-6,8,11,15H,3-4,7,9-10H2,1H3;1H. The number of nitrogens with zero attached hydrogens (tertiary/aromatic N) is 1. The van der Waals surface area contributed by atoms with Gasteiger partial charge in [0.15, 0.2) is 0 Å². The minimum atomic E-state index is 0. The third-order valence-electron chi connectivity index (χ3n) is 3.03. The number of rotatable bonds is 3. The number of likely N-dealkylation sites (tertiary alicyclic amines) is 1. The van der Waals surface area contributed by atoms with E-state index in [1.165, 1.54) is 19.4 Å². The average molecular weight is 258 g/mol. The van der Waals surface area contributed by atoms with E-state index in [2.05, 4.69) is 11.9 Å². The Kier molecular flexibility index (Phi) is 5.59. The maximum absolute atomic E-state index is 9.30. The van der Waals surface area contributed by atoms with Gasteiger partial charge in [-0.3, -0.25) is 0 Å². The van der Waals surface area contributed by atoms with Crippen LogP contribution in [0.5, 0.6) is 11.5 Å². The zero-order valence-corrected chi connectivity index (χ0v) is 10.9. The van der Waals surface area contributed by atoms with Gasteiger partial charge >= 0.3 is 0 Å². The summed E-state index contributed by atoms with van der Waals surface area (Å²) in [5.74, 6) is 1.63. The molecule has 0 spiro atoms. The maximum atomic E-state index is 9.30. The van der Waals surface area contributed by atoms with Gasteiger partial charge < -0.3 is 14.7 Å². The Morgan fingerprint density at radius 3 is 3.00 bits per heavy atom. The van der Waals surface area contributed by atoms with E-state index in [1.54, 1.807) is 18.2 Å². The lowest BCUT2D eigenvalue weighted by molar-refractivity contribution is 0.150. The van der Waals surface area contributed by atoms with Crippen LogP contribution in [0.3, 0.4) is 0 Å². The van der Waals surface area contributed by atoms with Crippen molar-refractivity contribution in [3.8, 4) is 11.5 Å². The van der Waals surface area contributed by atoms with Gasteiger partial charge in [-0.2, -0.15) is 0 Å². The number of ether oxygens (including phenoxy) is 1. The third-order valence-corrected chi connectivity index (χ3v) is 3.03. The molecule has 1 saturated heterocycles. The fourth-order valence-corrected chi connectivity index (χ4v) is 2.20. The molecule has 0 saturated carbocycles. The van der Waals surface area contributed by atoms with Crippen molar-refractivity contribution in [2.45, 2.75) is 12.8 Å². The number of benzene rings is 1. The van der Waals surface area contributed by atoms with Crippen LogP contribution in [-0.4, -0.2) is 36.8 Å². The SMILES string of the molecule is CN1CCCC(COc2cccc(O)c2)C1.Cl. The fraction of sp³-hybridized carbons (Fsp3) is 0.538. The zero-order valence-electron chi connectivity index (χ0n) is 10.1. The molecule has 1 heterocycles. The molecule has 2 rings (SSSR count). The van der Waals surface area contributed by atoms with Crippen LogP contribution in [-0.2, 0) is 0 Å². The van der Waals surface area contributed by atoms with Crippen LogP contribution in [0.15, 0.2) is 24.3 Å². The van der Waals surface area contributed by atoms with Gasteiger partial charge in [0, 0.05) is 18.5 Å². The first-order valence-corrected chi connectivity index (χ1v) is 5.84. The Balaban J connectivity index is 0.00000144. The van der Waals surface area contributed by atoms with Gasteiger partial charge in [-0.1, -0.05) is 6.07 Å². The molecular formula is C13H20ClNO2. The highest BCUT2D eigenvalue weighted by Gasteiger charge is 2.17. The summed E-state index contributed by atoms with van der Waals surface area (Å²) >= 11 is 0. The van der Waals surface area contributed by atoms with Crippen molar-refractivity contribution in [3.05, 3.63) is 24.3 Å². The largest absolute Gasteiger partial charge is 0.508 e. The quantitative estimate of drug-likeness (QED) is 0.903. The molecule has 0 aromatic heterocycles. The summed E-state index contributed by atoms with van der Waals surface area (Å²) in [5.41, 5.74) is 0. The first-order chi connectivity index (χ1) is 7.74. The predicted molar refractivity (Wildman–Crippen MR) is 71.1 cm³/mol. The second kappa shape index (κ2) is 6.72. The van der Waals surface area contributed by atoms with Crippen molar-refractivity contribution in [1.82, 2.24) is 4.90 Å². The summed E-state index contributed by atoms with van der Waals surface area (Å²) in [6.07, 6.45) is 2.49. The summed E-state index contributed by atoms with van der Waals surface area (Å²) < 4.78 is 5.69. The molecule has 1 N–H and O–H groups in total. The van der Waals surface area contributed by atoms with E-state index in [4.69, 9.17) is 4.74 Å². The number of piperidine rings is 1. The topological polar surface area (TPSA) is 32.7 Å². The fourth-order valence-electron chi connectivity index (χ4n) is 2.20. The van der Waals surface area contributed by atoms with Gasteiger partial charge in [0.1, 0.15) is 11.5 Å². The highest BCUT2D eigenvalue weighted by Crippen LogP contribution is 2.20. The van der Waals surface area contributed by atoms with Gasteiger partial charge in [0.25, 0.3) is 0 Å². The first kappa shape index (κ1) is 14.1. The van der Waals surface area contributed by atoms with E-state index >= 15 is 0 Å². The number of hydrogen-bond donors (Lipinski definition) is 1. The molecule has 96 valence electrons. The van der Waals surface area contributed by atoms with Crippen LogP contribution in [0.1, 0.15) is 12.8 Å². The Labute approximate surface area is 109 Å². The second-order valence-corrected chi connectivity index (χ2v) is 4.58. The van der Waals surface area contributed by atoms with Crippen molar-refractivity contribution < 1.29 is 9.84 Å². The van der Waals surface area contributed by atoms with E-state index in [1.807, 2.05) is 6.07 Å². The molecule has 0 aliphatic carbocycles. The number of phenolic OH excluding ortho intramolecular Hbond substituents is 1. The predicted octanol–water partition coefficient (Wildman–Crippen LogP) is 2.53. The van der Waals surface area contributed by atoms with Crippen LogP contribution in [0.4, 0.5) is 0 Å². The average Bonchev–Trinajstić information content (AvgIpc) is 2.27. The van der Waals surface area contributed by atoms with E-state index < -0.39 is 0 Å². The molecule has 1 aliphatic rings. The molecule has 4 heteroatoms. The lowest BCUT2D eigenvalue weighted by Crippen LogP contribution is -2.34. The van der Waals surface area contributed by atoms with E-state index in [-0.39, 0.29) is 18.2 Å². The van der Waals surface area contributed by atoms with Crippen LogP contribution in [0.2, 0.25) is 0 Å². The molecule has 17 heavy (non-hydrogen) atoms. The molecule has 1 atom stereocenters. The zero-order chi connectivity index (χ0) is 11.4. The Bertz CT molecular complexity index is 346. The minimum Gasteiger partial charge on any atom is -0.508 e. The van der Waals surface area contributed by atoms with Gasteiger partial charge in [0.2, 0.25) is 0 Å². The van der Waals surface area contributed by atoms with Crippen molar-refractivity contribution in [2.75, 3.05) is 26.7 Å². The summed E-state index contributed by atoms with van der Waals surface area (Å²) in [6, 6.07) is 7.00. The monoisotopic (exact) mass is 257 g/mol. The molecule has 0 radical (unpaired) electrons. The van der Waals surface area contributed by atoms with Gasteiger partial charge in [0.05, 0.1) is 6.61 Å². The van der Waals surface area contributed by atoms with Crippen molar-refractivity contribution >= 4 is 12.4 Å². The maximum Gasteiger partial charge on any atom is 0.122 e. The van der Waals surface area contributed by atoms with Crippen LogP contribution in [0, 0.1) is 5.92 Å². The Morgan fingerprint density at radius 2 is 2.29 bits per heavy atom. The van der Waals surface area contributed by atoms with Crippen LogP contribution >= 0.6 is 12.4 Å². The van der Waals surface area contributed by atoms with Gasteiger partial charge in [-0.15, -0.1) is 12.4 Å². The second-order valence-electron chi connectivity index (χ2n) is 4.58. The molecule has 0 amide bonds. The third kappa shape index (κ3) is 4.44. The molecule has 1 fully saturated rings. The Morgan fingerprint density at radius 1 is 1.47 bits per heavy atom. The Hall–Kier alpha value is -0.930. The molecule has 0 bridgehead atoms. The van der Waals surface area contributed by atoms with E-state index in [0.717, 1.165) is 18.9 Å². The van der Waals surface area contributed by atoms with Crippen LogP contribution in [0.25, 0.3) is 0 Å². The smallest absolute Gasteiger partial charge is 0.122 e. The number of hydrogen-bond acceptors (Lipinski definition) is 3. The highest BCUT2D eigenvalue weighted by atomic mass is 35.5. The van der Waals surface area contributed by atoms with E-state index in [0.29, 0.717) is 5.92 Å².